The molecule has 2 atom stereocenters. The monoisotopic (exact) mass is 429 g/mol. The third-order valence-corrected chi connectivity index (χ3v) is 6.19. The van der Waals surface area contributed by atoms with Gasteiger partial charge in [0.05, 0.1) is 19.8 Å². The van der Waals surface area contributed by atoms with Crippen LogP contribution in [-0.2, 0) is 20.8 Å². The van der Waals surface area contributed by atoms with Crippen LogP contribution < -0.4 is 10.6 Å². The van der Waals surface area contributed by atoms with Crippen LogP contribution in [0.25, 0.3) is 0 Å². The number of guanidine groups is 1. The average Bonchev–Trinajstić information content (AvgIpc) is 3.50. The Kier molecular flexibility index (Phi) is 7.77. The van der Waals surface area contributed by atoms with E-state index in [2.05, 4.69) is 33.4 Å². The predicted octanol–water partition coefficient (Wildman–Crippen LogP) is 1.68. The smallest absolute Gasteiger partial charge is 0.253 e. The van der Waals surface area contributed by atoms with Crippen molar-refractivity contribution in [2.45, 2.75) is 44.9 Å². The van der Waals surface area contributed by atoms with Gasteiger partial charge in [0.25, 0.3) is 5.91 Å². The zero-order valence-corrected chi connectivity index (χ0v) is 18.5. The lowest BCUT2D eigenvalue weighted by atomic mass is 10.2. The van der Waals surface area contributed by atoms with Gasteiger partial charge in [-0.25, -0.2) is 4.99 Å². The number of nitrogens with one attached hydrogen (secondary N) is 2. The molecule has 3 saturated heterocycles. The number of benzene rings is 1. The van der Waals surface area contributed by atoms with Crippen molar-refractivity contribution in [1.29, 1.82) is 0 Å². The number of carbonyl (C=O) groups excluding carboxylic acids is 1. The topological polar surface area (TPSA) is 78.4 Å². The van der Waals surface area contributed by atoms with E-state index in [9.17, 15) is 4.79 Å². The third kappa shape index (κ3) is 5.96. The highest BCUT2D eigenvalue weighted by molar-refractivity contribution is 5.94. The van der Waals surface area contributed by atoms with E-state index in [0.717, 1.165) is 82.4 Å². The maximum atomic E-state index is 12.3. The van der Waals surface area contributed by atoms with E-state index in [4.69, 9.17) is 14.5 Å². The molecule has 31 heavy (non-hydrogen) atoms. The zero-order valence-electron chi connectivity index (χ0n) is 18.5. The number of morpholine rings is 1. The number of amides is 1. The summed E-state index contributed by atoms with van der Waals surface area (Å²) in [6.07, 6.45) is 2.58. The minimum atomic E-state index is -0.323. The number of ether oxygens (including phenoxy) is 2. The van der Waals surface area contributed by atoms with Gasteiger partial charge in [0.15, 0.2) is 5.96 Å². The number of aliphatic imine (C=N–C) groups is 1. The molecule has 0 aliphatic carbocycles. The van der Waals surface area contributed by atoms with Crippen LogP contribution in [0.3, 0.4) is 0 Å². The molecule has 0 spiro atoms. The Labute approximate surface area is 185 Å². The lowest BCUT2D eigenvalue weighted by molar-refractivity contribution is -0.124. The van der Waals surface area contributed by atoms with Crippen molar-refractivity contribution in [3.05, 3.63) is 29.8 Å². The second-order valence-corrected chi connectivity index (χ2v) is 8.40. The second kappa shape index (κ2) is 10.9. The first kappa shape index (κ1) is 22.0. The Bertz CT molecular complexity index is 759. The summed E-state index contributed by atoms with van der Waals surface area (Å²) in [4.78, 5) is 22.1. The molecule has 0 radical (unpaired) electrons. The van der Waals surface area contributed by atoms with Crippen molar-refractivity contribution in [1.82, 2.24) is 15.1 Å². The number of carbonyl (C=O) groups is 1. The molecule has 8 heteroatoms. The molecular weight excluding hydrogens is 394 g/mol. The maximum Gasteiger partial charge on any atom is 0.253 e. The summed E-state index contributed by atoms with van der Waals surface area (Å²) >= 11 is 0. The van der Waals surface area contributed by atoms with Gasteiger partial charge < -0.3 is 25.0 Å². The number of nitrogens with zero attached hydrogens (tertiary/aromatic N) is 3. The van der Waals surface area contributed by atoms with Gasteiger partial charge in [-0.1, -0.05) is 12.1 Å². The average molecular weight is 430 g/mol. The van der Waals surface area contributed by atoms with Gasteiger partial charge in [-0.3, -0.25) is 9.69 Å². The van der Waals surface area contributed by atoms with Crippen LogP contribution in [0.4, 0.5) is 5.69 Å². The quantitative estimate of drug-likeness (QED) is 0.529. The molecule has 3 aliphatic heterocycles. The lowest BCUT2D eigenvalue weighted by Gasteiger charge is -2.32. The highest BCUT2D eigenvalue weighted by Crippen LogP contribution is 2.19. The highest BCUT2D eigenvalue weighted by Gasteiger charge is 2.30. The molecule has 3 fully saturated rings. The first-order valence-corrected chi connectivity index (χ1v) is 11.6. The molecule has 2 N–H and O–H groups in total. The minimum Gasteiger partial charge on any atom is -0.379 e. The lowest BCUT2D eigenvalue weighted by Crippen LogP contribution is -2.46. The van der Waals surface area contributed by atoms with E-state index in [1.54, 1.807) is 0 Å². The Morgan fingerprint density at radius 1 is 1.19 bits per heavy atom. The summed E-state index contributed by atoms with van der Waals surface area (Å²) in [6.45, 7) is 9.94. The second-order valence-electron chi connectivity index (χ2n) is 8.40. The molecular formula is C23H35N5O3. The SMILES string of the molecule is CCNC(=NCc1cccc(NC(=O)C2CCCO2)c1)N1CCC(N2CCOCC2)C1. The van der Waals surface area contributed by atoms with Crippen molar-refractivity contribution in [2.24, 2.45) is 4.99 Å². The van der Waals surface area contributed by atoms with Gasteiger partial charge >= 0.3 is 0 Å². The molecule has 1 aromatic rings. The minimum absolute atomic E-state index is 0.0577. The Morgan fingerprint density at radius 2 is 2.06 bits per heavy atom. The van der Waals surface area contributed by atoms with Gasteiger partial charge in [0.2, 0.25) is 0 Å². The molecule has 1 aromatic carbocycles. The molecule has 3 aliphatic rings. The van der Waals surface area contributed by atoms with Crippen LogP contribution in [0.1, 0.15) is 31.7 Å². The summed E-state index contributed by atoms with van der Waals surface area (Å²) < 4.78 is 11.0. The Morgan fingerprint density at radius 3 is 2.84 bits per heavy atom. The van der Waals surface area contributed by atoms with E-state index in [-0.39, 0.29) is 12.0 Å². The largest absolute Gasteiger partial charge is 0.379 e. The highest BCUT2D eigenvalue weighted by atomic mass is 16.5. The van der Waals surface area contributed by atoms with E-state index in [1.807, 2.05) is 18.2 Å². The third-order valence-electron chi connectivity index (χ3n) is 6.19. The van der Waals surface area contributed by atoms with Crippen LogP contribution in [0, 0.1) is 0 Å². The van der Waals surface area contributed by atoms with Gasteiger partial charge in [0.1, 0.15) is 6.10 Å². The normalized spacial score (nSPS) is 25.1. The molecule has 3 heterocycles. The summed E-state index contributed by atoms with van der Waals surface area (Å²) in [5.41, 5.74) is 1.87. The summed E-state index contributed by atoms with van der Waals surface area (Å²) in [5.74, 6) is 0.907. The summed E-state index contributed by atoms with van der Waals surface area (Å²) in [6, 6.07) is 8.51. The standard InChI is InChI=1S/C23H35N5O3/c1-2-24-23(28-9-8-20(17-28)27-10-13-30-14-11-27)25-16-18-5-3-6-19(15-18)26-22(29)21-7-4-12-31-21/h3,5-6,15,20-21H,2,4,7-14,16-17H2,1H3,(H,24,25)(H,26,29). The number of hydrogen-bond acceptors (Lipinski definition) is 5. The summed E-state index contributed by atoms with van der Waals surface area (Å²) in [7, 11) is 0. The van der Waals surface area contributed by atoms with Crippen LogP contribution in [0.2, 0.25) is 0 Å². The summed E-state index contributed by atoms with van der Waals surface area (Å²) in [5, 5.41) is 6.43. The number of anilines is 1. The predicted molar refractivity (Wildman–Crippen MR) is 121 cm³/mol. The molecule has 170 valence electrons. The fourth-order valence-electron chi connectivity index (χ4n) is 4.52. The fourth-order valence-corrected chi connectivity index (χ4v) is 4.52. The molecule has 0 bridgehead atoms. The number of hydrogen-bond donors (Lipinski definition) is 2. The molecule has 4 rings (SSSR count). The number of rotatable bonds is 6. The van der Waals surface area contributed by atoms with Crippen molar-refractivity contribution in [2.75, 3.05) is 57.9 Å². The fraction of sp³-hybridized carbons (Fsp3) is 0.652. The van der Waals surface area contributed by atoms with Gasteiger partial charge in [-0.2, -0.15) is 0 Å². The maximum absolute atomic E-state index is 12.3. The van der Waals surface area contributed by atoms with Crippen molar-refractivity contribution >= 4 is 17.6 Å². The molecule has 0 saturated carbocycles. The van der Waals surface area contributed by atoms with Crippen molar-refractivity contribution in [3.8, 4) is 0 Å². The molecule has 8 nitrogen and oxygen atoms in total. The van der Waals surface area contributed by atoms with E-state index < -0.39 is 0 Å². The Hall–Kier alpha value is -2.16. The van der Waals surface area contributed by atoms with Crippen molar-refractivity contribution in [3.63, 3.8) is 0 Å². The van der Waals surface area contributed by atoms with Gasteiger partial charge in [-0.05, 0) is 43.9 Å². The van der Waals surface area contributed by atoms with Gasteiger partial charge in [0, 0.05) is 51.1 Å². The van der Waals surface area contributed by atoms with E-state index in [0.29, 0.717) is 19.2 Å². The van der Waals surface area contributed by atoms with Crippen molar-refractivity contribution < 1.29 is 14.3 Å². The Balaban J connectivity index is 1.35. The zero-order chi connectivity index (χ0) is 21.5. The molecule has 2 unspecified atom stereocenters. The molecule has 0 aromatic heterocycles. The van der Waals surface area contributed by atoms with Crippen LogP contribution in [0.5, 0.6) is 0 Å². The first-order chi connectivity index (χ1) is 15.2. The van der Waals surface area contributed by atoms with Crippen LogP contribution in [0.15, 0.2) is 29.3 Å². The number of likely N-dealkylation sites (tertiary alicyclic amines) is 1. The van der Waals surface area contributed by atoms with E-state index >= 15 is 0 Å². The van der Waals surface area contributed by atoms with Crippen LogP contribution in [-0.4, -0.2) is 86.4 Å². The van der Waals surface area contributed by atoms with Crippen LogP contribution >= 0.6 is 0 Å². The van der Waals surface area contributed by atoms with Gasteiger partial charge in [-0.15, -0.1) is 0 Å². The van der Waals surface area contributed by atoms with E-state index in [1.165, 1.54) is 0 Å². The first-order valence-electron chi connectivity index (χ1n) is 11.6. The molecule has 1 amide bonds.